The number of aromatic nitrogens is 2. The van der Waals surface area contributed by atoms with E-state index in [1.54, 1.807) is 6.07 Å². The van der Waals surface area contributed by atoms with Gasteiger partial charge in [0.25, 0.3) is 11.2 Å². The summed E-state index contributed by atoms with van der Waals surface area (Å²) in [6.07, 6.45) is 2.18. The third kappa shape index (κ3) is 2.53. The second-order valence-electron chi connectivity index (χ2n) is 6.56. The molecule has 0 amide bonds. The van der Waals surface area contributed by atoms with Crippen LogP contribution in [0.2, 0.25) is 0 Å². The molecule has 1 aliphatic carbocycles. The van der Waals surface area contributed by atoms with E-state index in [-0.39, 0.29) is 28.1 Å². The van der Waals surface area contributed by atoms with Crippen LogP contribution < -0.4 is 10.9 Å². The van der Waals surface area contributed by atoms with E-state index >= 15 is 0 Å². The van der Waals surface area contributed by atoms with Crippen LogP contribution in [0.1, 0.15) is 18.9 Å². The highest BCUT2D eigenvalue weighted by atomic mass is 16.6. The monoisotopic (exact) mass is 336 g/mol. The Morgan fingerprint density at radius 1 is 1.32 bits per heavy atom. The maximum atomic E-state index is 11.8. The summed E-state index contributed by atoms with van der Waals surface area (Å²) in [5.41, 5.74) is 1.45. The maximum absolute atomic E-state index is 11.8. The SMILES string of the molecule is C[C@]1(c2ccccc2)C[C@@H]1Nc1cc2nc[nH]c(=O)c2cc1[N+](=O)[O-]. The van der Waals surface area contributed by atoms with Crippen LogP contribution in [0.15, 0.2) is 53.6 Å². The summed E-state index contributed by atoms with van der Waals surface area (Å²) in [6.45, 7) is 2.13. The quantitative estimate of drug-likeness (QED) is 0.563. The number of aromatic amines is 1. The zero-order valence-corrected chi connectivity index (χ0v) is 13.5. The molecule has 0 radical (unpaired) electrons. The van der Waals surface area contributed by atoms with Crippen molar-refractivity contribution in [1.29, 1.82) is 0 Å². The van der Waals surface area contributed by atoms with Crippen LogP contribution in [-0.2, 0) is 5.41 Å². The van der Waals surface area contributed by atoms with Gasteiger partial charge in [-0.3, -0.25) is 14.9 Å². The van der Waals surface area contributed by atoms with Gasteiger partial charge in [-0.2, -0.15) is 0 Å². The molecule has 1 aliphatic rings. The third-order valence-electron chi connectivity index (χ3n) is 4.95. The van der Waals surface area contributed by atoms with Crippen LogP contribution in [0, 0.1) is 10.1 Å². The average molecular weight is 336 g/mol. The Bertz CT molecular complexity index is 1030. The van der Waals surface area contributed by atoms with E-state index < -0.39 is 4.92 Å². The van der Waals surface area contributed by atoms with Gasteiger partial charge in [-0.1, -0.05) is 37.3 Å². The summed E-state index contributed by atoms with van der Waals surface area (Å²) >= 11 is 0. The molecule has 7 nitrogen and oxygen atoms in total. The van der Waals surface area contributed by atoms with E-state index in [1.165, 1.54) is 18.0 Å². The molecule has 0 aliphatic heterocycles. The van der Waals surface area contributed by atoms with Crippen LogP contribution >= 0.6 is 0 Å². The van der Waals surface area contributed by atoms with Crippen LogP contribution in [0.25, 0.3) is 10.9 Å². The zero-order valence-electron chi connectivity index (χ0n) is 13.5. The molecule has 2 N–H and O–H groups in total. The Balaban J connectivity index is 1.72. The van der Waals surface area contributed by atoms with Gasteiger partial charge in [-0.25, -0.2) is 4.98 Å². The van der Waals surface area contributed by atoms with Gasteiger partial charge in [0.2, 0.25) is 0 Å². The molecule has 1 saturated carbocycles. The number of hydrogen-bond acceptors (Lipinski definition) is 5. The lowest BCUT2D eigenvalue weighted by molar-refractivity contribution is -0.383. The Morgan fingerprint density at radius 2 is 2.08 bits per heavy atom. The molecular weight excluding hydrogens is 320 g/mol. The number of benzene rings is 2. The summed E-state index contributed by atoms with van der Waals surface area (Å²) in [6, 6.07) is 13.0. The fourth-order valence-electron chi connectivity index (χ4n) is 3.27. The summed E-state index contributed by atoms with van der Waals surface area (Å²) in [7, 11) is 0. The van der Waals surface area contributed by atoms with E-state index in [2.05, 4.69) is 34.3 Å². The minimum absolute atomic E-state index is 0.0638. The third-order valence-corrected chi connectivity index (χ3v) is 4.95. The Hall–Kier alpha value is -3.22. The lowest BCUT2D eigenvalue weighted by Gasteiger charge is -2.14. The molecular formula is C18H16N4O3. The van der Waals surface area contributed by atoms with E-state index in [9.17, 15) is 14.9 Å². The first-order chi connectivity index (χ1) is 12.0. The fraction of sp³-hybridized carbons (Fsp3) is 0.222. The maximum Gasteiger partial charge on any atom is 0.293 e. The number of nitro groups is 1. The molecule has 1 fully saturated rings. The first-order valence-electron chi connectivity index (χ1n) is 7.97. The van der Waals surface area contributed by atoms with E-state index in [1.807, 2.05) is 18.2 Å². The smallest absolute Gasteiger partial charge is 0.293 e. The molecule has 7 heteroatoms. The van der Waals surface area contributed by atoms with Crippen molar-refractivity contribution in [3.8, 4) is 0 Å². The van der Waals surface area contributed by atoms with E-state index in [0.717, 1.165) is 6.42 Å². The number of fused-ring (bicyclic) bond motifs is 1. The Morgan fingerprint density at radius 3 is 2.80 bits per heavy atom. The Labute approximate surface area is 142 Å². The van der Waals surface area contributed by atoms with Gasteiger partial charge in [0.15, 0.2) is 0 Å². The zero-order chi connectivity index (χ0) is 17.6. The number of nitrogens with one attached hydrogen (secondary N) is 2. The molecule has 0 unspecified atom stereocenters. The molecule has 1 aromatic heterocycles. The number of nitro benzene ring substituents is 1. The first kappa shape index (κ1) is 15.3. The van der Waals surface area contributed by atoms with Crippen molar-refractivity contribution in [2.75, 3.05) is 5.32 Å². The number of rotatable bonds is 4. The minimum Gasteiger partial charge on any atom is -0.376 e. The molecule has 126 valence electrons. The first-order valence-corrected chi connectivity index (χ1v) is 7.97. The van der Waals surface area contributed by atoms with Crippen LogP contribution in [-0.4, -0.2) is 20.9 Å². The Kier molecular flexibility index (Phi) is 3.31. The molecule has 0 bridgehead atoms. The molecule has 2 atom stereocenters. The van der Waals surface area contributed by atoms with Gasteiger partial charge in [0.05, 0.1) is 22.2 Å². The van der Waals surface area contributed by atoms with Crippen molar-refractivity contribution in [3.63, 3.8) is 0 Å². The molecule has 25 heavy (non-hydrogen) atoms. The standard InChI is InChI=1S/C18H16N4O3/c1-18(11-5-3-2-4-6-11)9-16(18)21-14-8-13-12(7-15(14)22(24)25)17(23)20-10-19-13/h2-8,10,16,21H,9H2,1H3,(H,19,20,23)/t16-,18+/m0/s1. The van der Waals surface area contributed by atoms with Crippen LogP contribution in [0.4, 0.5) is 11.4 Å². The van der Waals surface area contributed by atoms with Crippen molar-refractivity contribution in [3.05, 3.63) is 74.8 Å². The van der Waals surface area contributed by atoms with Gasteiger partial charge in [0.1, 0.15) is 5.69 Å². The highest BCUT2D eigenvalue weighted by molar-refractivity contribution is 5.86. The van der Waals surface area contributed by atoms with Crippen LogP contribution in [0.5, 0.6) is 0 Å². The number of hydrogen-bond donors (Lipinski definition) is 2. The largest absolute Gasteiger partial charge is 0.376 e. The second-order valence-corrected chi connectivity index (χ2v) is 6.56. The van der Waals surface area contributed by atoms with Gasteiger partial charge < -0.3 is 10.3 Å². The van der Waals surface area contributed by atoms with Crippen LogP contribution in [0.3, 0.4) is 0 Å². The van der Waals surface area contributed by atoms with Crippen molar-refractivity contribution < 1.29 is 4.92 Å². The lowest BCUT2D eigenvalue weighted by atomic mass is 9.97. The molecule has 3 aromatic rings. The number of H-pyrrole nitrogens is 1. The van der Waals surface area contributed by atoms with Gasteiger partial charge in [-0.05, 0) is 18.1 Å². The van der Waals surface area contributed by atoms with Crippen molar-refractivity contribution in [2.45, 2.75) is 24.8 Å². The average Bonchev–Trinajstić information content (AvgIpc) is 3.26. The molecule has 2 aromatic carbocycles. The summed E-state index contributed by atoms with van der Waals surface area (Å²) in [5.74, 6) is 0. The molecule has 0 spiro atoms. The fourth-order valence-corrected chi connectivity index (χ4v) is 3.27. The predicted molar refractivity (Wildman–Crippen MR) is 94.8 cm³/mol. The van der Waals surface area contributed by atoms with Gasteiger partial charge in [-0.15, -0.1) is 0 Å². The highest BCUT2D eigenvalue weighted by Gasteiger charge is 2.51. The molecule has 4 rings (SSSR count). The predicted octanol–water partition coefficient (Wildman–Crippen LogP) is 2.97. The van der Waals surface area contributed by atoms with Crippen molar-refractivity contribution >= 4 is 22.3 Å². The number of anilines is 1. The summed E-state index contributed by atoms with van der Waals surface area (Å²) in [4.78, 5) is 29.4. The van der Waals surface area contributed by atoms with E-state index in [4.69, 9.17) is 0 Å². The van der Waals surface area contributed by atoms with Gasteiger partial charge in [0, 0.05) is 17.5 Å². The minimum atomic E-state index is -0.476. The van der Waals surface area contributed by atoms with E-state index in [0.29, 0.717) is 11.2 Å². The number of nitrogens with zero attached hydrogens (tertiary/aromatic N) is 2. The summed E-state index contributed by atoms with van der Waals surface area (Å²) in [5, 5.41) is 14.9. The highest BCUT2D eigenvalue weighted by Crippen LogP contribution is 2.50. The molecule has 0 saturated heterocycles. The summed E-state index contributed by atoms with van der Waals surface area (Å²) < 4.78 is 0. The van der Waals surface area contributed by atoms with Crippen molar-refractivity contribution in [1.82, 2.24) is 9.97 Å². The normalized spacial score (nSPS) is 21.9. The lowest BCUT2D eigenvalue weighted by Crippen LogP contribution is -2.16. The molecule has 1 heterocycles. The van der Waals surface area contributed by atoms with Crippen molar-refractivity contribution in [2.24, 2.45) is 0 Å². The topological polar surface area (TPSA) is 101 Å². The second kappa shape index (κ2) is 5.41. The van der Waals surface area contributed by atoms with Gasteiger partial charge >= 0.3 is 0 Å².